The van der Waals surface area contributed by atoms with E-state index in [9.17, 15) is 4.79 Å². The second-order valence-electron chi connectivity index (χ2n) is 28.8. The van der Waals surface area contributed by atoms with Gasteiger partial charge < -0.3 is 43.2 Å². The Bertz CT molecular complexity index is 2920. The van der Waals surface area contributed by atoms with Crippen molar-refractivity contribution in [3.05, 3.63) is 228 Å². The van der Waals surface area contributed by atoms with Gasteiger partial charge in [0, 0.05) is 6.42 Å². The van der Waals surface area contributed by atoms with E-state index in [1.54, 1.807) is 0 Å². The second-order valence-corrected chi connectivity index (χ2v) is 28.8. The molecule has 6 aromatic carbocycles. The highest BCUT2D eigenvalue weighted by atomic mass is 16.7. The summed E-state index contributed by atoms with van der Waals surface area (Å²) in [6.45, 7) is 6.59. The zero-order chi connectivity index (χ0) is 71.1. The summed E-state index contributed by atoms with van der Waals surface area (Å²) < 4.78 is 56.9. The van der Waals surface area contributed by atoms with Crippen molar-refractivity contribution in [2.24, 2.45) is 0 Å². The van der Waals surface area contributed by atoms with Crippen LogP contribution < -0.4 is 5.32 Å². The van der Waals surface area contributed by atoms with Crippen molar-refractivity contribution >= 4 is 5.91 Å². The third-order valence-electron chi connectivity index (χ3n) is 20.0. The maximum Gasteiger partial charge on any atom is 0.220 e. The summed E-state index contributed by atoms with van der Waals surface area (Å²) >= 11 is 0. The minimum absolute atomic E-state index is 0.00349. The quantitative estimate of drug-likeness (QED) is 0.0295. The van der Waals surface area contributed by atoms with E-state index in [-0.39, 0.29) is 38.9 Å². The lowest BCUT2D eigenvalue weighted by Crippen LogP contribution is -2.62. The van der Waals surface area contributed by atoms with Crippen molar-refractivity contribution in [1.82, 2.24) is 5.32 Å². The summed E-state index contributed by atoms with van der Waals surface area (Å²) in [5.74, 6) is -0.0522. The molecule has 102 heavy (non-hydrogen) atoms. The molecule has 1 aliphatic rings. The zero-order valence-corrected chi connectivity index (χ0v) is 63.2. The normalized spacial score (nSPS) is 17.1. The Kier molecular flexibility index (Phi) is 45.6. The van der Waals surface area contributed by atoms with Crippen LogP contribution in [-0.4, -0.2) is 68.1 Å². The number of amides is 1. The van der Waals surface area contributed by atoms with Gasteiger partial charge in [-0.2, -0.15) is 0 Å². The van der Waals surface area contributed by atoms with Crippen LogP contribution in [0.4, 0.5) is 0 Å². The Balaban J connectivity index is 1.09. The standard InChI is InChI=1S/C92H133NO9/c1-3-5-7-9-11-13-15-17-18-19-20-21-22-23-24-25-26-27-29-31-33-35-55-69-87(94)93-84(88(97-72-80-60-46-38-47-61-80)85(96-71-79-58-44-37-45-59-79)68-54-34-32-30-28-16-14-12-10-8-6-4-2)76-101-92-91(100-75-83-66-52-41-53-67-83)90(99-74-82-64-50-40-51-65-82)89(98-73-81-62-48-39-49-63-81)86(102-92)77-95-70-78-56-42-36-43-57-78/h36-54,56-68,84-86,88-92H,3-35,55,69-77H2,1-2H3,(H,93,94)/b68-54-/t84-,85+,86+,88-,89-,90-,91+,92-/m0/s1. The Labute approximate surface area is 618 Å². The molecule has 560 valence electrons. The average Bonchev–Trinajstić information content (AvgIpc) is 0.787. The highest BCUT2D eigenvalue weighted by Crippen LogP contribution is 2.33. The molecule has 1 fully saturated rings. The first kappa shape index (κ1) is 83.5. The van der Waals surface area contributed by atoms with Gasteiger partial charge in [0.2, 0.25) is 5.91 Å². The van der Waals surface area contributed by atoms with Crippen LogP contribution in [0, 0.1) is 0 Å². The van der Waals surface area contributed by atoms with Gasteiger partial charge in [-0.1, -0.05) is 407 Å². The first-order valence-corrected chi connectivity index (χ1v) is 40.7. The summed E-state index contributed by atoms with van der Waals surface area (Å²) in [5.41, 5.74) is 6.11. The largest absolute Gasteiger partial charge is 0.374 e. The number of benzene rings is 6. The molecular weight excluding hydrogens is 1260 g/mol. The molecular formula is C92H133NO9. The summed E-state index contributed by atoms with van der Waals surface area (Å²) in [5, 5.41) is 3.54. The summed E-state index contributed by atoms with van der Waals surface area (Å²) in [6.07, 6.45) is 43.7. The lowest BCUT2D eigenvalue weighted by atomic mass is 9.97. The van der Waals surface area contributed by atoms with Crippen LogP contribution in [0.3, 0.4) is 0 Å². The predicted molar refractivity (Wildman–Crippen MR) is 420 cm³/mol. The van der Waals surface area contributed by atoms with Gasteiger partial charge in [0.05, 0.1) is 58.9 Å². The highest BCUT2D eigenvalue weighted by molar-refractivity contribution is 5.76. The van der Waals surface area contributed by atoms with Crippen molar-refractivity contribution < 1.29 is 42.7 Å². The molecule has 8 atom stereocenters. The molecule has 0 unspecified atom stereocenters. The van der Waals surface area contributed by atoms with Crippen LogP contribution in [0.5, 0.6) is 0 Å². The molecule has 10 nitrogen and oxygen atoms in total. The molecule has 6 aromatic rings. The molecule has 1 amide bonds. The molecule has 0 saturated carbocycles. The van der Waals surface area contributed by atoms with Crippen LogP contribution in [0.1, 0.15) is 272 Å². The average molecular weight is 1400 g/mol. The number of carbonyl (C=O) groups excluding carboxylic acids is 1. The molecule has 0 aliphatic carbocycles. The van der Waals surface area contributed by atoms with Crippen LogP contribution in [-0.2, 0) is 82.3 Å². The smallest absolute Gasteiger partial charge is 0.220 e. The SMILES string of the molecule is CCCCCCCCCCCC/C=C\[C@@H](OCc1ccccc1)[C@@H](OCc1ccccc1)[C@H](CO[C@H]1O[C@H](COCc2ccccc2)[C@H](OCc2ccccc2)[C@H](OCc2ccccc2)[C@H]1OCc1ccccc1)NC(=O)CCCCCCCCCCCCCCCCCCCCCCCCC. The maximum absolute atomic E-state index is 14.9. The molecule has 1 heterocycles. The van der Waals surface area contributed by atoms with Gasteiger partial charge in [-0.25, -0.2) is 0 Å². The predicted octanol–water partition coefficient (Wildman–Crippen LogP) is 23.6. The summed E-state index contributed by atoms with van der Waals surface area (Å²) in [4.78, 5) is 14.9. The fourth-order valence-electron chi connectivity index (χ4n) is 13.9. The molecule has 0 aromatic heterocycles. The van der Waals surface area contributed by atoms with E-state index in [0.717, 1.165) is 65.5 Å². The van der Waals surface area contributed by atoms with E-state index in [0.29, 0.717) is 26.2 Å². The van der Waals surface area contributed by atoms with Gasteiger partial charge in [-0.05, 0) is 52.6 Å². The molecule has 0 spiro atoms. The molecule has 1 saturated heterocycles. The van der Waals surface area contributed by atoms with Crippen LogP contribution >= 0.6 is 0 Å². The molecule has 10 heteroatoms. The second kappa shape index (κ2) is 55.7. The molecule has 0 radical (unpaired) electrons. The summed E-state index contributed by atoms with van der Waals surface area (Å²) in [6, 6.07) is 60.6. The van der Waals surface area contributed by atoms with Crippen molar-refractivity contribution in [3.63, 3.8) is 0 Å². The van der Waals surface area contributed by atoms with Crippen LogP contribution in [0.15, 0.2) is 194 Å². The van der Waals surface area contributed by atoms with Crippen molar-refractivity contribution in [3.8, 4) is 0 Å². The fourth-order valence-corrected chi connectivity index (χ4v) is 13.9. The highest BCUT2D eigenvalue weighted by Gasteiger charge is 2.50. The Morgan fingerprint density at radius 1 is 0.373 bits per heavy atom. The first-order chi connectivity index (χ1) is 50.6. The number of rotatable bonds is 61. The van der Waals surface area contributed by atoms with Gasteiger partial charge in [0.25, 0.3) is 0 Å². The van der Waals surface area contributed by atoms with Gasteiger partial charge in [0.15, 0.2) is 6.29 Å². The topological polar surface area (TPSA) is 103 Å². The zero-order valence-electron chi connectivity index (χ0n) is 63.2. The third-order valence-corrected chi connectivity index (χ3v) is 20.0. The van der Waals surface area contributed by atoms with Gasteiger partial charge in [-0.15, -0.1) is 0 Å². The summed E-state index contributed by atoms with van der Waals surface area (Å²) in [7, 11) is 0. The van der Waals surface area contributed by atoms with E-state index in [2.05, 4.69) is 104 Å². The molecule has 1 aliphatic heterocycles. The van der Waals surface area contributed by atoms with Crippen molar-refractivity contribution in [1.29, 1.82) is 0 Å². The van der Waals surface area contributed by atoms with Crippen molar-refractivity contribution in [2.45, 2.75) is 327 Å². The third kappa shape index (κ3) is 36.8. The Morgan fingerprint density at radius 2 is 0.706 bits per heavy atom. The number of carbonyl (C=O) groups is 1. The van der Waals surface area contributed by atoms with E-state index < -0.39 is 49.0 Å². The van der Waals surface area contributed by atoms with E-state index in [1.165, 1.54) is 186 Å². The fraction of sp³-hybridized carbons (Fsp3) is 0.576. The number of hydrogen-bond donors (Lipinski definition) is 1. The molecule has 1 N–H and O–H groups in total. The lowest BCUT2D eigenvalue weighted by molar-refractivity contribution is -0.330. The number of unbranched alkanes of at least 4 members (excludes halogenated alkanes) is 32. The van der Waals surface area contributed by atoms with E-state index in [1.807, 2.05) is 109 Å². The monoisotopic (exact) mass is 1400 g/mol. The van der Waals surface area contributed by atoms with Gasteiger partial charge in [0.1, 0.15) is 36.6 Å². The Morgan fingerprint density at radius 3 is 1.11 bits per heavy atom. The van der Waals surface area contributed by atoms with E-state index >= 15 is 0 Å². The van der Waals surface area contributed by atoms with Gasteiger partial charge in [-0.3, -0.25) is 4.79 Å². The minimum Gasteiger partial charge on any atom is -0.374 e. The van der Waals surface area contributed by atoms with Gasteiger partial charge >= 0.3 is 0 Å². The number of ether oxygens (including phenoxy) is 8. The number of nitrogens with one attached hydrogen (secondary N) is 1. The minimum atomic E-state index is -1.02. The number of allylic oxidation sites excluding steroid dienone is 1. The number of hydrogen-bond acceptors (Lipinski definition) is 9. The lowest BCUT2D eigenvalue weighted by Gasteiger charge is -2.46. The van der Waals surface area contributed by atoms with Crippen molar-refractivity contribution in [2.75, 3.05) is 13.2 Å². The first-order valence-electron chi connectivity index (χ1n) is 40.7. The van der Waals surface area contributed by atoms with E-state index in [4.69, 9.17) is 37.9 Å². The van der Waals surface area contributed by atoms with Crippen LogP contribution in [0.2, 0.25) is 0 Å². The maximum atomic E-state index is 14.9. The molecule has 0 bridgehead atoms. The Hall–Kier alpha value is -5.79. The molecule has 7 rings (SSSR count). The van der Waals surface area contributed by atoms with Crippen LogP contribution in [0.25, 0.3) is 0 Å².